The molecule has 7 heteroatoms. The summed E-state index contributed by atoms with van der Waals surface area (Å²) < 4.78 is 2.54. The minimum Gasteiger partial charge on any atom is -0.310 e. The maximum atomic E-state index is 12.0. The van der Waals surface area contributed by atoms with E-state index in [-0.39, 0.29) is 11.5 Å². The number of rotatable bonds is 0. The molecule has 0 radical (unpaired) electrons. The van der Waals surface area contributed by atoms with Gasteiger partial charge in [-0.05, 0) is 12.1 Å². The van der Waals surface area contributed by atoms with E-state index in [1.54, 1.807) is 29.9 Å². The number of aryl methyl sites for hydroxylation is 1. The summed E-state index contributed by atoms with van der Waals surface area (Å²) >= 11 is 0. The first-order valence-corrected chi connectivity index (χ1v) is 5.28. The Hall–Kier alpha value is -2.57. The molecule has 90 valence electrons. The van der Waals surface area contributed by atoms with E-state index >= 15 is 0 Å². The van der Waals surface area contributed by atoms with Crippen molar-refractivity contribution in [3.63, 3.8) is 0 Å². The monoisotopic (exact) mass is 243 g/mol. The van der Waals surface area contributed by atoms with E-state index in [9.17, 15) is 9.59 Å². The van der Waals surface area contributed by atoms with Crippen molar-refractivity contribution in [1.29, 1.82) is 0 Å². The van der Waals surface area contributed by atoms with Crippen molar-refractivity contribution in [2.75, 3.05) is 0 Å². The molecule has 3 rings (SSSR count). The van der Waals surface area contributed by atoms with Crippen LogP contribution in [-0.2, 0) is 14.1 Å². The molecule has 0 spiro atoms. The van der Waals surface area contributed by atoms with Crippen molar-refractivity contribution in [2.24, 2.45) is 14.1 Å². The van der Waals surface area contributed by atoms with Crippen molar-refractivity contribution >= 4 is 11.2 Å². The van der Waals surface area contributed by atoms with Crippen LogP contribution in [0.3, 0.4) is 0 Å². The molecule has 0 unspecified atom stereocenters. The van der Waals surface area contributed by atoms with E-state index in [0.717, 1.165) is 4.57 Å². The highest BCUT2D eigenvalue weighted by molar-refractivity contribution is 5.75. The first-order chi connectivity index (χ1) is 8.59. The largest absolute Gasteiger partial charge is 0.352 e. The predicted octanol–water partition coefficient (Wildman–Crippen LogP) is -0.473. The van der Waals surface area contributed by atoms with Gasteiger partial charge in [-0.15, -0.1) is 0 Å². The SMILES string of the molecule is Cn1c(=O)nc2n(C)c3ncccc3nc-2c1=O. The van der Waals surface area contributed by atoms with Crippen molar-refractivity contribution in [1.82, 2.24) is 24.1 Å². The van der Waals surface area contributed by atoms with Gasteiger partial charge in [0.1, 0.15) is 5.52 Å². The summed E-state index contributed by atoms with van der Waals surface area (Å²) in [6.07, 6.45) is 1.62. The van der Waals surface area contributed by atoms with Crippen molar-refractivity contribution < 1.29 is 0 Å². The standard InChI is InChI=1S/C11H9N5O2/c1-15-8-6(4-3-5-12-8)13-7-9(15)14-11(18)16(2)10(7)17/h3-5H,1-2H3. The van der Waals surface area contributed by atoms with E-state index in [2.05, 4.69) is 15.0 Å². The first-order valence-electron chi connectivity index (χ1n) is 5.28. The third-order valence-corrected chi connectivity index (χ3v) is 2.84. The van der Waals surface area contributed by atoms with Crippen molar-refractivity contribution in [3.05, 3.63) is 39.2 Å². The van der Waals surface area contributed by atoms with E-state index in [0.29, 0.717) is 11.2 Å². The van der Waals surface area contributed by atoms with Gasteiger partial charge in [0.25, 0.3) is 5.56 Å². The first kappa shape index (κ1) is 10.6. The molecule has 0 fully saturated rings. The number of nitrogens with zero attached hydrogens (tertiary/aromatic N) is 5. The molecule has 2 aliphatic rings. The molecule has 3 heterocycles. The lowest BCUT2D eigenvalue weighted by molar-refractivity contribution is 0.746. The quantitative estimate of drug-likeness (QED) is 0.498. The Morgan fingerprint density at radius 3 is 2.67 bits per heavy atom. The molecule has 1 aromatic heterocycles. The summed E-state index contributed by atoms with van der Waals surface area (Å²) in [6.45, 7) is 0. The fourth-order valence-electron chi connectivity index (χ4n) is 1.85. The van der Waals surface area contributed by atoms with Gasteiger partial charge in [0.05, 0.1) is 0 Å². The second-order valence-corrected chi connectivity index (χ2v) is 3.95. The second kappa shape index (κ2) is 3.46. The fraction of sp³-hybridized carbons (Fsp3) is 0.182. The highest BCUT2D eigenvalue weighted by atomic mass is 16.2. The Labute approximate surface area is 101 Å². The van der Waals surface area contributed by atoms with Gasteiger partial charge in [0.15, 0.2) is 17.2 Å². The predicted molar refractivity (Wildman–Crippen MR) is 64.4 cm³/mol. The maximum absolute atomic E-state index is 12.0. The Morgan fingerprint density at radius 1 is 1.11 bits per heavy atom. The van der Waals surface area contributed by atoms with Gasteiger partial charge in [-0.2, -0.15) is 4.98 Å². The smallest absolute Gasteiger partial charge is 0.310 e. The zero-order valence-corrected chi connectivity index (χ0v) is 9.78. The number of aromatic nitrogens is 5. The lowest BCUT2D eigenvalue weighted by Crippen LogP contribution is -2.36. The van der Waals surface area contributed by atoms with Crippen LogP contribution >= 0.6 is 0 Å². The average molecular weight is 243 g/mol. The summed E-state index contributed by atoms with van der Waals surface area (Å²) in [5.74, 6) is 0.245. The summed E-state index contributed by atoms with van der Waals surface area (Å²) in [7, 11) is 3.08. The van der Waals surface area contributed by atoms with Gasteiger partial charge in [-0.3, -0.25) is 9.36 Å². The summed E-state index contributed by atoms with van der Waals surface area (Å²) in [4.78, 5) is 35.7. The summed E-state index contributed by atoms with van der Waals surface area (Å²) in [5, 5.41) is 0. The molecular weight excluding hydrogens is 234 g/mol. The van der Waals surface area contributed by atoms with Gasteiger partial charge in [-0.25, -0.2) is 14.8 Å². The van der Waals surface area contributed by atoms with Crippen LogP contribution in [0.2, 0.25) is 0 Å². The fourth-order valence-corrected chi connectivity index (χ4v) is 1.85. The van der Waals surface area contributed by atoms with Gasteiger partial charge in [0.2, 0.25) is 0 Å². The van der Waals surface area contributed by atoms with Gasteiger partial charge in [0, 0.05) is 20.3 Å². The van der Waals surface area contributed by atoms with Crippen LogP contribution in [0.5, 0.6) is 0 Å². The van der Waals surface area contributed by atoms with E-state index in [1.807, 2.05) is 0 Å². The zero-order valence-electron chi connectivity index (χ0n) is 9.78. The van der Waals surface area contributed by atoms with Crippen LogP contribution in [0.15, 0.2) is 27.9 Å². The van der Waals surface area contributed by atoms with E-state index in [4.69, 9.17) is 0 Å². The molecule has 0 aromatic carbocycles. The van der Waals surface area contributed by atoms with Gasteiger partial charge < -0.3 is 4.57 Å². The Kier molecular flexibility index (Phi) is 2.03. The molecule has 0 N–H and O–H groups in total. The number of pyridine rings is 1. The molecule has 18 heavy (non-hydrogen) atoms. The Balaban J connectivity index is 2.65. The zero-order chi connectivity index (χ0) is 12.9. The number of hydrogen-bond donors (Lipinski definition) is 0. The number of fused-ring (bicyclic) bond motifs is 2. The lowest BCUT2D eigenvalue weighted by Gasteiger charge is -2.11. The Morgan fingerprint density at radius 2 is 1.89 bits per heavy atom. The molecule has 0 aliphatic carbocycles. The van der Waals surface area contributed by atoms with Crippen LogP contribution in [0.4, 0.5) is 0 Å². The molecular formula is C11H9N5O2. The molecule has 0 saturated heterocycles. The normalized spacial score (nSPS) is 11.2. The third kappa shape index (κ3) is 1.27. The molecule has 0 atom stereocenters. The molecule has 7 nitrogen and oxygen atoms in total. The molecule has 1 aromatic rings. The highest BCUT2D eigenvalue weighted by Crippen LogP contribution is 2.16. The average Bonchev–Trinajstić information content (AvgIpc) is 2.38. The topological polar surface area (TPSA) is 82.7 Å². The summed E-state index contributed by atoms with van der Waals surface area (Å²) in [5.41, 5.74) is 0.279. The number of hydrogen-bond acceptors (Lipinski definition) is 5. The van der Waals surface area contributed by atoms with Gasteiger partial charge >= 0.3 is 5.69 Å². The van der Waals surface area contributed by atoms with E-state index < -0.39 is 11.2 Å². The second-order valence-electron chi connectivity index (χ2n) is 3.95. The van der Waals surface area contributed by atoms with Crippen LogP contribution in [0, 0.1) is 0 Å². The summed E-state index contributed by atoms with van der Waals surface area (Å²) in [6, 6.07) is 3.49. The van der Waals surface area contributed by atoms with Crippen LogP contribution in [-0.4, -0.2) is 24.1 Å². The van der Waals surface area contributed by atoms with Gasteiger partial charge in [-0.1, -0.05) is 0 Å². The molecule has 2 aliphatic heterocycles. The third-order valence-electron chi connectivity index (χ3n) is 2.84. The van der Waals surface area contributed by atoms with Crippen LogP contribution < -0.4 is 11.2 Å². The van der Waals surface area contributed by atoms with E-state index in [1.165, 1.54) is 7.05 Å². The minimum atomic E-state index is -0.597. The van der Waals surface area contributed by atoms with Crippen LogP contribution in [0.25, 0.3) is 22.7 Å². The highest BCUT2D eigenvalue weighted by Gasteiger charge is 2.18. The molecule has 0 saturated carbocycles. The van der Waals surface area contributed by atoms with Crippen molar-refractivity contribution in [2.45, 2.75) is 0 Å². The minimum absolute atomic E-state index is 0.167. The van der Waals surface area contributed by atoms with Crippen LogP contribution in [0.1, 0.15) is 0 Å². The molecule has 0 amide bonds. The molecule has 0 bridgehead atoms. The van der Waals surface area contributed by atoms with Crippen molar-refractivity contribution in [3.8, 4) is 11.5 Å². The lowest BCUT2D eigenvalue weighted by atomic mass is 10.3. The Bertz CT molecular complexity index is 848. The maximum Gasteiger partial charge on any atom is 0.352 e.